The van der Waals surface area contributed by atoms with Gasteiger partial charge >= 0.3 is 24.2 Å². The van der Waals surface area contributed by atoms with Crippen molar-refractivity contribution >= 4 is 11.8 Å². The highest BCUT2D eigenvalue weighted by Crippen LogP contribution is 2.25. The molecule has 0 saturated carbocycles. The molecule has 10 nitrogen and oxygen atoms in total. The van der Waals surface area contributed by atoms with Gasteiger partial charge < -0.3 is 39.8 Å². The molecule has 2 rings (SSSR count). The molecule has 0 bridgehead atoms. The first-order chi connectivity index (χ1) is 16.6. The zero-order valence-electron chi connectivity index (χ0n) is 19.5. The minimum Gasteiger partial charge on any atom is -0.388 e. The third-order valence-electron chi connectivity index (χ3n) is 5.71. The summed E-state index contributed by atoms with van der Waals surface area (Å²) in [4.78, 5) is 22.3. The summed E-state index contributed by atoms with van der Waals surface area (Å²) >= 11 is 0. The number of ether oxygens (including phenoxy) is 4. The quantitative estimate of drug-likeness (QED) is 0.250. The number of alkyl halides is 6. The molecule has 0 aliphatic carbocycles. The Kier molecular flexibility index (Phi) is 10.8. The number of amides is 2. The second-order valence-corrected chi connectivity index (χ2v) is 8.60. The Morgan fingerprint density at radius 3 is 1.42 bits per heavy atom. The van der Waals surface area contributed by atoms with Crippen LogP contribution in [0.15, 0.2) is 0 Å². The SMILES string of the molecule is C[C@@H]1O[C@@H](OCCCCO[C@H]2C[C@H](NC(=O)C(F)(F)F)[C@@H](O)[C@H](C)O2)C[C@H](NC(=O)C(F)(F)F)[C@H]1O. The molecule has 2 aliphatic rings. The van der Waals surface area contributed by atoms with Gasteiger partial charge in [-0.25, -0.2) is 0 Å². The van der Waals surface area contributed by atoms with Gasteiger partial charge in [-0.15, -0.1) is 0 Å². The molecular formula is C20H30F6N2O8. The summed E-state index contributed by atoms with van der Waals surface area (Å²) in [6.07, 6.45) is -16.2. The normalized spacial score (nSPS) is 33.7. The molecule has 2 fully saturated rings. The van der Waals surface area contributed by atoms with E-state index in [0.717, 1.165) is 0 Å². The predicted octanol–water partition coefficient (Wildman–Crippen LogP) is 0.886. The number of hydrogen-bond acceptors (Lipinski definition) is 8. The number of aliphatic hydroxyl groups is 2. The van der Waals surface area contributed by atoms with E-state index in [1.165, 1.54) is 13.8 Å². The minimum atomic E-state index is -5.10. The lowest BCUT2D eigenvalue weighted by molar-refractivity contribution is -0.232. The number of aliphatic hydroxyl groups excluding tert-OH is 2. The Morgan fingerprint density at radius 1 is 0.778 bits per heavy atom. The number of nitrogens with one attached hydrogen (secondary N) is 2. The highest BCUT2D eigenvalue weighted by Gasteiger charge is 2.45. The lowest BCUT2D eigenvalue weighted by Gasteiger charge is -2.38. The highest BCUT2D eigenvalue weighted by molar-refractivity contribution is 5.82. The Hall–Kier alpha value is -1.72. The van der Waals surface area contributed by atoms with Crippen LogP contribution in [0.5, 0.6) is 0 Å². The molecule has 8 atom stereocenters. The van der Waals surface area contributed by atoms with Gasteiger partial charge in [0.05, 0.1) is 24.3 Å². The second kappa shape index (κ2) is 12.7. The number of halogens is 6. The van der Waals surface area contributed by atoms with Crippen molar-refractivity contribution in [3.63, 3.8) is 0 Å². The van der Waals surface area contributed by atoms with E-state index in [4.69, 9.17) is 18.9 Å². The number of carbonyl (C=O) groups is 2. The summed E-state index contributed by atoms with van der Waals surface area (Å²) in [7, 11) is 0. The number of rotatable bonds is 9. The average molecular weight is 540 g/mol. The van der Waals surface area contributed by atoms with Crippen molar-refractivity contribution in [3.05, 3.63) is 0 Å². The molecule has 16 heteroatoms. The lowest BCUT2D eigenvalue weighted by atomic mass is 9.99. The van der Waals surface area contributed by atoms with Crippen LogP contribution >= 0.6 is 0 Å². The van der Waals surface area contributed by atoms with Gasteiger partial charge in [-0.3, -0.25) is 9.59 Å². The predicted molar refractivity (Wildman–Crippen MR) is 107 cm³/mol. The molecule has 2 amide bonds. The van der Waals surface area contributed by atoms with E-state index in [0.29, 0.717) is 12.8 Å². The third-order valence-corrected chi connectivity index (χ3v) is 5.71. The Labute approximate surface area is 202 Å². The van der Waals surface area contributed by atoms with Crippen LogP contribution in [0, 0.1) is 0 Å². The van der Waals surface area contributed by atoms with Crippen LogP contribution in [0.25, 0.3) is 0 Å². The van der Waals surface area contributed by atoms with Gasteiger partial charge in [0.25, 0.3) is 0 Å². The highest BCUT2D eigenvalue weighted by atomic mass is 19.4. The van der Waals surface area contributed by atoms with Crippen molar-refractivity contribution in [2.75, 3.05) is 13.2 Å². The van der Waals surface area contributed by atoms with Crippen molar-refractivity contribution in [1.82, 2.24) is 10.6 Å². The van der Waals surface area contributed by atoms with E-state index in [-0.39, 0.29) is 26.1 Å². The monoisotopic (exact) mass is 540 g/mol. The molecule has 210 valence electrons. The molecule has 2 heterocycles. The van der Waals surface area contributed by atoms with E-state index in [1.54, 1.807) is 10.6 Å². The van der Waals surface area contributed by atoms with E-state index in [9.17, 15) is 46.1 Å². The molecule has 2 saturated heterocycles. The molecule has 0 aromatic carbocycles. The van der Waals surface area contributed by atoms with Crippen molar-refractivity contribution in [2.24, 2.45) is 0 Å². The second-order valence-electron chi connectivity index (χ2n) is 8.60. The van der Waals surface area contributed by atoms with Crippen molar-refractivity contribution in [1.29, 1.82) is 0 Å². The molecule has 36 heavy (non-hydrogen) atoms. The van der Waals surface area contributed by atoms with Gasteiger partial charge in [-0.2, -0.15) is 26.3 Å². The molecule has 4 N–H and O–H groups in total. The summed E-state index contributed by atoms with van der Waals surface area (Å²) in [6.45, 7) is 3.05. The Balaban J connectivity index is 1.71. The fourth-order valence-corrected chi connectivity index (χ4v) is 3.74. The topological polar surface area (TPSA) is 136 Å². The smallest absolute Gasteiger partial charge is 0.388 e. The van der Waals surface area contributed by atoms with Crippen LogP contribution in [-0.2, 0) is 28.5 Å². The Bertz CT molecular complexity index is 680. The van der Waals surface area contributed by atoms with Crippen LogP contribution in [0.4, 0.5) is 26.3 Å². The summed E-state index contributed by atoms with van der Waals surface area (Å²) in [5.74, 6) is -4.35. The van der Waals surface area contributed by atoms with E-state index < -0.39 is 73.2 Å². The molecule has 0 unspecified atom stereocenters. The van der Waals surface area contributed by atoms with Gasteiger partial charge in [-0.05, 0) is 26.7 Å². The first kappa shape index (κ1) is 30.5. The molecule has 0 aromatic heterocycles. The Morgan fingerprint density at radius 2 is 1.11 bits per heavy atom. The average Bonchev–Trinajstić information content (AvgIpc) is 2.75. The lowest BCUT2D eigenvalue weighted by Crippen LogP contribution is -2.57. The maximum absolute atomic E-state index is 12.5. The summed E-state index contributed by atoms with van der Waals surface area (Å²) in [6, 6.07) is -2.44. The fraction of sp³-hybridized carbons (Fsp3) is 0.900. The third kappa shape index (κ3) is 8.99. The van der Waals surface area contributed by atoms with Crippen molar-refractivity contribution in [2.45, 2.75) is 101 Å². The fourth-order valence-electron chi connectivity index (χ4n) is 3.74. The van der Waals surface area contributed by atoms with Crippen LogP contribution < -0.4 is 10.6 Å². The van der Waals surface area contributed by atoms with Gasteiger partial charge in [0, 0.05) is 26.1 Å². The molecular weight excluding hydrogens is 510 g/mol. The van der Waals surface area contributed by atoms with Crippen molar-refractivity contribution < 1.29 is 65.1 Å². The molecule has 0 spiro atoms. The van der Waals surface area contributed by atoms with Crippen LogP contribution in [0.3, 0.4) is 0 Å². The first-order valence-electron chi connectivity index (χ1n) is 11.2. The van der Waals surface area contributed by atoms with Gasteiger partial charge in [0.1, 0.15) is 12.2 Å². The minimum absolute atomic E-state index is 0.0989. The first-order valence-corrected chi connectivity index (χ1v) is 11.2. The maximum atomic E-state index is 12.5. The van der Waals surface area contributed by atoms with Crippen molar-refractivity contribution in [3.8, 4) is 0 Å². The number of carbonyl (C=O) groups excluding carboxylic acids is 2. The molecule has 0 radical (unpaired) electrons. The standard InChI is InChI=1S/C20H30F6N2O8/c1-9-15(29)11(27-17(31)19(21,22)23)7-13(35-9)33-5-3-4-6-34-14-8-12(16(30)10(2)36-14)28-18(32)20(24,25)26/h9-16,29-30H,3-8H2,1-2H3,(H,27,31)(H,28,32)/t9-,10-,11-,12-,13+,14+,15-,16-/m0/s1. The van der Waals surface area contributed by atoms with E-state index in [2.05, 4.69) is 0 Å². The van der Waals surface area contributed by atoms with Gasteiger partial charge in [0.15, 0.2) is 12.6 Å². The van der Waals surface area contributed by atoms with E-state index >= 15 is 0 Å². The largest absolute Gasteiger partial charge is 0.471 e. The summed E-state index contributed by atoms with van der Waals surface area (Å²) < 4.78 is 96.7. The number of unbranched alkanes of at least 4 members (excludes halogenated alkanes) is 1. The summed E-state index contributed by atoms with van der Waals surface area (Å²) in [5, 5.41) is 23.4. The maximum Gasteiger partial charge on any atom is 0.471 e. The van der Waals surface area contributed by atoms with Crippen LogP contribution in [-0.4, -0.2) is 96.7 Å². The van der Waals surface area contributed by atoms with Gasteiger partial charge in [0.2, 0.25) is 0 Å². The van der Waals surface area contributed by atoms with Crippen LogP contribution in [0.2, 0.25) is 0 Å². The van der Waals surface area contributed by atoms with E-state index in [1.807, 2.05) is 0 Å². The molecule has 0 aromatic rings. The van der Waals surface area contributed by atoms with Crippen LogP contribution in [0.1, 0.15) is 39.5 Å². The zero-order valence-corrected chi connectivity index (χ0v) is 19.5. The molecule has 2 aliphatic heterocycles. The zero-order chi connectivity index (χ0) is 27.3. The summed E-state index contributed by atoms with van der Waals surface area (Å²) in [5.41, 5.74) is 0. The van der Waals surface area contributed by atoms with Gasteiger partial charge in [-0.1, -0.05) is 0 Å². The number of hydrogen-bond donors (Lipinski definition) is 4.